The molecule has 96 valence electrons. The van der Waals surface area contributed by atoms with E-state index < -0.39 is 14.6 Å². The summed E-state index contributed by atoms with van der Waals surface area (Å²) in [6, 6.07) is 1.61. The lowest BCUT2D eigenvalue weighted by atomic mass is 10.2. The summed E-state index contributed by atoms with van der Waals surface area (Å²) in [5, 5.41) is 2.96. The van der Waals surface area contributed by atoms with E-state index in [1.54, 1.807) is 19.9 Å². The summed E-state index contributed by atoms with van der Waals surface area (Å²) in [7, 11) is -1.62. The first-order chi connectivity index (χ1) is 7.76. The molecule has 0 radical (unpaired) electrons. The van der Waals surface area contributed by atoms with E-state index in [0.29, 0.717) is 11.7 Å². The molecule has 0 aliphatic heterocycles. The second-order valence-electron chi connectivity index (χ2n) is 4.33. The van der Waals surface area contributed by atoms with Crippen LogP contribution in [0.4, 0.5) is 5.82 Å². The van der Waals surface area contributed by atoms with Crippen molar-refractivity contribution < 1.29 is 13.2 Å². The number of rotatable bonds is 5. The van der Waals surface area contributed by atoms with E-state index in [9.17, 15) is 8.42 Å². The van der Waals surface area contributed by atoms with Gasteiger partial charge in [-0.2, -0.15) is 0 Å². The van der Waals surface area contributed by atoms with Crippen LogP contribution in [0.5, 0.6) is 5.88 Å². The van der Waals surface area contributed by atoms with Crippen LogP contribution in [0.1, 0.15) is 13.8 Å². The first-order valence-corrected chi connectivity index (χ1v) is 6.95. The standard InChI is InChI=1S/C10H17N3O3S/c1-10(2,17(4,14)15)6-11-8-5-9(16-3)13-7-12-8/h5,7H,6H2,1-4H3,(H,11,12,13). The highest BCUT2D eigenvalue weighted by molar-refractivity contribution is 7.92. The molecule has 0 aromatic carbocycles. The normalized spacial score (nSPS) is 12.2. The molecular formula is C10H17N3O3S. The quantitative estimate of drug-likeness (QED) is 0.839. The first kappa shape index (κ1) is 13.7. The Balaban J connectivity index is 2.74. The third-order valence-electron chi connectivity index (χ3n) is 2.55. The van der Waals surface area contributed by atoms with E-state index in [1.165, 1.54) is 19.7 Å². The van der Waals surface area contributed by atoms with Gasteiger partial charge in [0, 0.05) is 18.9 Å². The van der Waals surface area contributed by atoms with Crippen molar-refractivity contribution in [1.29, 1.82) is 0 Å². The number of hydrogen-bond donors (Lipinski definition) is 1. The molecule has 0 spiro atoms. The molecule has 0 aliphatic rings. The Morgan fingerprint density at radius 2 is 2.06 bits per heavy atom. The number of aromatic nitrogens is 2. The summed E-state index contributed by atoms with van der Waals surface area (Å²) in [5.74, 6) is 0.966. The van der Waals surface area contributed by atoms with E-state index in [0.717, 1.165) is 0 Å². The molecule has 17 heavy (non-hydrogen) atoms. The van der Waals surface area contributed by atoms with Crippen molar-refractivity contribution in [3.05, 3.63) is 12.4 Å². The molecule has 0 amide bonds. The van der Waals surface area contributed by atoms with Crippen LogP contribution >= 0.6 is 0 Å². The molecule has 1 aromatic rings. The number of methoxy groups -OCH3 is 1. The fourth-order valence-corrected chi connectivity index (χ4v) is 1.32. The van der Waals surface area contributed by atoms with Gasteiger partial charge in [-0.25, -0.2) is 18.4 Å². The van der Waals surface area contributed by atoms with Crippen molar-refractivity contribution in [2.24, 2.45) is 0 Å². The minimum absolute atomic E-state index is 0.270. The third kappa shape index (κ3) is 3.55. The number of anilines is 1. The van der Waals surface area contributed by atoms with Crippen molar-refractivity contribution in [2.75, 3.05) is 25.2 Å². The van der Waals surface area contributed by atoms with Gasteiger partial charge in [0.1, 0.15) is 12.1 Å². The Morgan fingerprint density at radius 3 is 2.59 bits per heavy atom. The van der Waals surface area contributed by atoms with Gasteiger partial charge in [-0.05, 0) is 13.8 Å². The van der Waals surface area contributed by atoms with Crippen LogP contribution in [-0.2, 0) is 9.84 Å². The van der Waals surface area contributed by atoms with Gasteiger partial charge < -0.3 is 10.1 Å². The minimum Gasteiger partial charge on any atom is -0.481 e. The van der Waals surface area contributed by atoms with Crippen LogP contribution in [0.3, 0.4) is 0 Å². The van der Waals surface area contributed by atoms with Crippen molar-refractivity contribution in [2.45, 2.75) is 18.6 Å². The van der Waals surface area contributed by atoms with Gasteiger partial charge in [0.2, 0.25) is 5.88 Å². The van der Waals surface area contributed by atoms with Gasteiger partial charge in [-0.1, -0.05) is 0 Å². The maximum absolute atomic E-state index is 11.5. The number of sulfone groups is 1. The lowest BCUT2D eigenvalue weighted by Crippen LogP contribution is -2.38. The van der Waals surface area contributed by atoms with E-state index in [-0.39, 0.29) is 6.54 Å². The molecule has 1 aromatic heterocycles. The van der Waals surface area contributed by atoms with Crippen LogP contribution in [0.15, 0.2) is 12.4 Å². The molecule has 1 N–H and O–H groups in total. The lowest BCUT2D eigenvalue weighted by molar-refractivity contribution is 0.397. The summed E-state index contributed by atoms with van der Waals surface area (Å²) >= 11 is 0. The van der Waals surface area contributed by atoms with E-state index >= 15 is 0 Å². The van der Waals surface area contributed by atoms with E-state index in [2.05, 4.69) is 15.3 Å². The number of ether oxygens (including phenoxy) is 1. The molecule has 0 unspecified atom stereocenters. The first-order valence-electron chi connectivity index (χ1n) is 5.06. The molecule has 1 rings (SSSR count). The van der Waals surface area contributed by atoms with Crippen LogP contribution in [0.25, 0.3) is 0 Å². The molecule has 0 aliphatic carbocycles. The highest BCUT2D eigenvalue weighted by Gasteiger charge is 2.29. The fourth-order valence-electron chi connectivity index (χ4n) is 0.982. The topological polar surface area (TPSA) is 81.2 Å². The van der Waals surface area contributed by atoms with E-state index in [4.69, 9.17) is 4.74 Å². The Bertz CT molecular complexity index is 485. The Labute approximate surface area is 101 Å². The van der Waals surface area contributed by atoms with Gasteiger partial charge in [-0.15, -0.1) is 0 Å². The highest BCUT2D eigenvalue weighted by atomic mass is 32.2. The number of nitrogens with one attached hydrogen (secondary N) is 1. The molecule has 0 fully saturated rings. The molecule has 0 saturated carbocycles. The molecule has 7 heteroatoms. The maximum Gasteiger partial charge on any atom is 0.218 e. The predicted octanol–water partition coefficient (Wildman–Crippen LogP) is 0.720. The number of hydrogen-bond acceptors (Lipinski definition) is 6. The Kier molecular flexibility index (Phi) is 3.92. The van der Waals surface area contributed by atoms with Crippen LogP contribution in [-0.4, -0.2) is 43.0 Å². The second-order valence-corrected chi connectivity index (χ2v) is 6.98. The summed E-state index contributed by atoms with van der Waals surface area (Å²) in [5.41, 5.74) is 0. The van der Waals surface area contributed by atoms with Crippen LogP contribution in [0.2, 0.25) is 0 Å². The molecule has 6 nitrogen and oxygen atoms in total. The third-order valence-corrected chi connectivity index (χ3v) is 4.70. The van der Waals surface area contributed by atoms with Crippen molar-refractivity contribution in [1.82, 2.24) is 9.97 Å². The lowest BCUT2D eigenvalue weighted by Gasteiger charge is -2.22. The number of nitrogens with zero attached hydrogens (tertiary/aromatic N) is 2. The summed E-state index contributed by atoms with van der Waals surface area (Å²) < 4.78 is 27.1. The zero-order chi connectivity index (χ0) is 13.1. The van der Waals surface area contributed by atoms with Crippen molar-refractivity contribution in [3.63, 3.8) is 0 Å². The largest absolute Gasteiger partial charge is 0.481 e. The molecule has 1 heterocycles. The SMILES string of the molecule is COc1cc(NCC(C)(C)S(C)(=O)=O)ncn1. The molecule has 0 saturated heterocycles. The zero-order valence-electron chi connectivity index (χ0n) is 10.4. The molecule has 0 atom stereocenters. The monoisotopic (exact) mass is 259 g/mol. The van der Waals surface area contributed by atoms with Crippen molar-refractivity contribution >= 4 is 15.7 Å². The van der Waals surface area contributed by atoms with Crippen molar-refractivity contribution in [3.8, 4) is 5.88 Å². The Morgan fingerprint density at radius 1 is 1.41 bits per heavy atom. The molecule has 0 bridgehead atoms. The maximum atomic E-state index is 11.5. The van der Waals surface area contributed by atoms with Gasteiger partial charge >= 0.3 is 0 Å². The van der Waals surface area contributed by atoms with Gasteiger partial charge in [-0.3, -0.25) is 0 Å². The Hall–Kier alpha value is -1.37. The van der Waals surface area contributed by atoms with Crippen LogP contribution in [0, 0.1) is 0 Å². The van der Waals surface area contributed by atoms with Gasteiger partial charge in [0.15, 0.2) is 9.84 Å². The summed E-state index contributed by atoms with van der Waals surface area (Å²) in [4.78, 5) is 7.83. The fraction of sp³-hybridized carbons (Fsp3) is 0.600. The minimum atomic E-state index is -3.13. The zero-order valence-corrected chi connectivity index (χ0v) is 11.2. The summed E-state index contributed by atoms with van der Waals surface area (Å²) in [6.07, 6.45) is 2.57. The smallest absolute Gasteiger partial charge is 0.218 e. The van der Waals surface area contributed by atoms with Crippen LogP contribution < -0.4 is 10.1 Å². The highest BCUT2D eigenvalue weighted by Crippen LogP contribution is 2.17. The predicted molar refractivity (Wildman–Crippen MR) is 66.0 cm³/mol. The van der Waals surface area contributed by atoms with Gasteiger partial charge in [0.25, 0.3) is 0 Å². The molecular weight excluding hydrogens is 242 g/mol. The summed E-state index contributed by atoms with van der Waals surface area (Å²) in [6.45, 7) is 3.59. The second kappa shape index (κ2) is 4.87. The van der Waals surface area contributed by atoms with E-state index in [1.807, 2.05) is 0 Å². The average molecular weight is 259 g/mol. The average Bonchev–Trinajstić information content (AvgIpc) is 2.25. The van der Waals surface area contributed by atoms with Gasteiger partial charge in [0.05, 0.1) is 11.9 Å².